The second kappa shape index (κ2) is 8.78. The van der Waals surface area contributed by atoms with Gasteiger partial charge in [0.1, 0.15) is 5.56 Å². The number of benzene rings is 1. The summed E-state index contributed by atoms with van der Waals surface area (Å²) in [5.74, 6) is -0.722. The average Bonchev–Trinajstić information content (AvgIpc) is 3.05. The van der Waals surface area contributed by atoms with Crippen LogP contribution in [0.5, 0.6) is 0 Å². The summed E-state index contributed by atoms with van der Waals surface area (Å²) in [4.78, 5) is 36.0. The van der Waals surface area contributed by atoms with Crippen molar-refractivity contribution >= 4 is 23.0 Å². The van der Waals surface area contributed by atoms with Gasteiger partial charge in [0, 0.05) is 17.5 Å². The number of aryl methyl sites for hydroxylation is 1. The number of rotatable bonds is 5. The number of hydrogen-bond acceptors (Lipinski definition) is 5. The molecule has 0 spiro atoms. The first-order valence-corrected chi connectivity index (χ1v) is 10.3. The van der Waals surface area contributed by atoms with Crippen molar-refractivity contribution in [2.75, 3.05) is 0 Å². The Balaban J connectivity index is 1.86. The SMILES string of the molecule is CC(=NNC(=O)c1ccccc1[N+](=O)[O-])c1c(C)[nH]n(C2=CC=C(C(C)(C)C)CC2)c1=O. The van der Waals surface area contributed by atoms with Crippen LogP contribution in [0.2, 0.25) is 0 Å². The summed E-state index contributed by atoms with van der Waals surface area (Å²) < 4.78 is 1.50. The lowest BCUT2D eigenvalue weighted by Crippen LogP contribution is -2.24. The predicted octanol–water partition coefficient (Wildman–Crippen LogP) is 4.15. The van der Waals surface area contributed by atoms with Crippen LogP contribution in [0.25, 0.3) is 5.70 Å². The number of carbonyl (C=O) groups excluding carboxylic acids is 1. The van der Waals surface area contributed by atoms with Crippen LogP contribution >= 0.6 is 0 Å². The zero-order valence-corrected chi connectivity index (χ0v) is 18.9. The van der Waals surface area contributed by atoms with E-state index in [1.807, 2.05) is 6.08 Å². The number of para-hydroxylation sites is 1. The van der Waals surface area contributed by atoms with E-state index in [-0.39, 0.29) is 22.2 Å². The largest absolute Gasteiger partial charge is 0.295 e. The molecule has 9 heteroatoms. The van der Waals surface area contributed by atoms with Crippen molar-refractivity contribution in [1.29, 1.82) is 0 Å². The third-order valence-electron chi connectivity index (χ3n) is 5.48. The van der Waals surface area contributed by atoms with Gasteiger partial charge in [0.15, 0.2) is 0 Å². The number of nitrogens with one attached hydrogen (secondary N) is 2. The molecule has 1 amide bonds. The van der Waals surface area contributed by atoms with Crippen LogP contribution in [0.3, 0.4) is 0 Å². The maximum Gasteiger partial charge on any atom is 0.282 e. The van der Waals surface area contributed by atoms with Gasteiger partial charge in [-0.05, 0) is 44.2 Å². The fraction of sp³-hybridized carbons (Fsp3) is 0.348. The Labute approximate surface area is 185 Å². The molecule has 3 rings (SSSR count). The maximum atomic E-state index is 13.1. The molecule has 1 aliphatic rings. The molecule has 0 fully saturated rings. The molecule has 0 saturated carbocycles. The number of hydrazone groups is 1. The number of nitro benzene ring substituents is 1. The van der Waals surface area contributed by atoms with Crippen LogP contribution in [0, 0.1) is 22.5 Å². The quantitative estimate of drug-likeness (QED) is 0.414. The number of nitro groups is 1. The third kappa shape index (κ3) is 4.61. The Morgan fingerprint density at radius 1 is 1.22 bits per heavy atom. The molecule has 1 heterocycles. The number of amides is 1. The number of H-pyrrole nitrogens is 1. The molecule has 2 N–H and O–H groups in total. The number of nitrogens with zero attached hydrogens (tertiary/aromatic N) is 3. The Bertz CT molecular complexity index is 1220. The standard InChI is InChI=1S/C23H27N5O4/c1-14(24-25-21(29)18-8-6-7-9-19(18)28(31)32)20-15(2)26-27(22(20)30)17-12-10-16(11-13-17)23(3,4)5/h6-10,12,26H,11,13H2,1-5H3,(H,25,29). The lowest BCUT2D eigenvalue weighted by molar-refractivity contribution is -0.385. The Morgan fingerprint density at radius 3 is 2.50 bits per heavy atom. The van der Waals surface area contributed by atoms with Crippen molar-refractivity contribution in [2.24, 2.45) is 10.5 Å². The van der Waals surface area contributed by atoms with Gasteiger partial charge in [-0.1, -0.05) is 44.6 Å². The predicted molar refractivity (Wildman–Crippen MR) is 124 cm³/mol. The van der Waals surface area contributed by atoms with E-state index in [2.05, 4.69) is 42.5 Å². The first-order chi connectivity index (χ1) is 15.0. The van der Waals surface area contributed by atoms with Crippen molar-refractivity contribution in [1.82, 2.24) is 15.2 Å². The molecule has 1 aromatic carbocycles. The fourth-order valence-corrected chi connectivity index (χ4v) is 3.69. The van der Waals surface area contributed by atoms with E-state index in [1.54, 1.807) is 13.8 Å². The van der Waals surface area contributed by atoms with Crippen LogP contribution in [-0.4, -0.2) is 26.3 Å². The van der Waals surface area contributed by atoms with Crippen LogP contribution in [0.15, 0.2) is 51.9 Å². The summed E-state index contributed by atoms with van der Waals surface area (Å²) in [6.45, 7) is 9.86. The van der Waals surface area contributed by atoms with E-state index in [9.17, 15) is 19.7 Å². The van der Waals surface area contributed by atoms with Gasteiger partial charge in [0.2, 0.25) is 0 Å². The molecular formula is C23H27N5O4. The molecule has 0 saturated heterocycles. The van der Waals surface area contributed by atoms with Gasteiger partial charge in [-0.25, -0.2) is 10.1 Å². The van der Waals surface area contributed by atoms with E-state index in [0.717, 1.165) is 18.5 Å². The van der Waals surface area contributed by atoms with Gasteiger partial charge in [0.05, 0.1) is 16.2 Å². The molecule has 0 bridgehead atoms. The minimum absolute atomic E-state index is 0.0824. The summed E-state index contributed by atoms with van der Waals surface area (Å²) in [6, 6.07) is 5.61. The number of aromatic amines is 1. The smallest absolute Gasteiger partial charge is 0.282 e. The van der Waals surface area contributed by atoms with Gasteiger partial charge in [-0.2, -0.15) is 5.10 Å². The highest BCUT2D eigenvalue weighted by Gasteiger charge is 2.23. The molecule has 1 aliphatic carbocycles. The van der Waals surface area contributed by atoms with E-state index in [0.29, 0.717) is 17.0 Å². The zero-order chi connectivity index (χ0) is 23.6. The molecule has 0 unspecified atom stereocenters. The molecule has 0 aliphatic heterocycles. The van der Waals surface area contributed by atoms with Crippen LogP contribution in [-0.2, 0) is 0 Å². The Kier molecular flexibility index (Phi) is 6.29. The Hall–Kier alpha value is -3.75. The minimum Gasteiger partial charge on any atom is -0.295 e. The molecule has 0 radical (unpaired) electrons. The maximum absolute atomic E-state index is 13.1. The number of allylic oxidation sites excluding steroid dienone is 4. The highest BCUT2D eigenvalue weighted by atomic mass is 16.6. The third-order valence-corrected chi connectivity index (χ3v) is 5.48. The molecular weight excluding hydrogens is 410 g/mol. The van der Waals surface area contributed by atoms with Crippen LogP contribution in [0.4, 0.5) is 5.69 Å². The van der Waals surface area contributed by atoms with Crippen molar-refractivity contribution < 1.29 is 9.72 Å². The summed E-state index contributed by atoms with van der Waals surface area (Å²) in [5, 5.41) is 18.2. The van der Waals surface area contributed by atoms with Crippen molar-refractivity contribution in [3.8, 4) is 0 Å². The lowest BCUT2D eigenvalue weighted by Gasteiger charge is -2.26. The highest BCUT2D eigenvalue weighted by Crippen LogP contribution is 2.33. The topological polar surface area (TPSA) is 122 Å². The lowest BCUT2D eigenvalue weighted by atomic mass is 9.81. The van der Waals surface area contributed by atoms with Gasteiger partial charge in [-0.3, -0.25) is 24.8 Å². The first kappa shape index (κ1) is 22.9. The second-order valence-electron chi connectivity index (χ2n) is 8.76. The summed E-state index contributed by atoms with van der Waals surface area (Å²) in [6.07, 6.45) is 5.62. The van der Waals surface area contributed by atoms with E-state index >= 15 is 0 Å². The van der Waals surface area contributed by atoms with Crippen molar-refractivity contribution in [3.05, 3.63) is 79.3 Å². The highest BCUT2D eigenvalue weighted by molar-refractivity contribution is 6.02. The van der Waals surface area contributed by atoms with Gasteiger partial charge in [-0.15, -0.1) is 0 Å². The van der Waals surface area contributed by atoms with Crippen LogP contribution < -0.4 is 11.0 Å². The molecule has 32 heavy (non-hydrogen) atoms. The summed E-state index contributed by atoms with van der Waals surface area (Å²) in [5.41, 5.74) is 5.16. The average molecular weight is 438 g/mol. The first-order valence-electron chi connectivity index (χ1n) is 10.3. The number of carbonyl (C=O) groups is 1. The van der Waals surface area contributed by atoms with Gasteiger partial charge >= 0.3 is 0 Å². The normalized spacial score (nSPS) is 14.6. The minimum atomic E-state index is -0.722. The molecule has 9 nitrogen and oxygen atoms in total. The van der Waals surface area contributed by atoms with Crippen molar-refractivity contribution in [2.45, 2.75) is 47.5 Å². The summed E-state index contributed by atoms with van der Waals surface area (Å²) in [7, 11) is 0. The monoisotopic (exact) mass is 437 g/mol. The molecule has 0 atom stereocenters. The van der Waals surface area contributed by atoms with E-state index < -0.39 is 10.8 Å². The molecule has 168 valence electrons. The second-order valence-corrected chi connectivity index (χ2v) is 8.76. The molecule has 1 aromatic heterocycles. The fourth-order valence-electron chi connectivity index (χ4n) is 3.69. The van der Waals surface area contributed by atoms with Crippen LogP contribution in [0.1, 0.15) is 62.2 Å². The Morgan fingerprint density at radius 2 is 1.91 bits per heavy atom. The van der Waals surface area contributed by atoms with Crippen molar-refractivity contribution in [3.63, 3.8) is 0 Å². The van der Waals surface area contributed by atoms with Gasteiger partial charge < -0.3 is 0 Å². The summed E-state index contributed by atoms with van der Waals surface area (Å²) >= 11 is 0. The molecule has 2 aromatic rings. The number of aromatic nitrogens is 2. The van der Waals surface area contributed by atoms with E-state index in [4.69, 9.17) is 0 Å². The van der Waals surface area contributed by atoms with Gasteiger partial charge in [0.25, 0.3) is 17.2 Å². The van der Waals surface area contributed by atoms with E-state index in [1.165, 1.54) is 34.5 Å². The number of hydrogen-bond donors (Lipinski definition) is 2. The zero-order valence-electron chi connectivity index (χ0n) is 18.9.